The third-order valence-corrected chi connectivity index (χ3v) is 6.49. The summed E-state index contributed by atoms with van der Waals surface area (Å²) in [5.74, 6) is 1.01. The fraction of sp³-hybridized carbons (Fsp3) is 0.524. The number of hydrogen-bond donors (Lipinski definition) is 0. The number of rotatable bonds is 6. The molecule has 2 aliphatic rings. The molecule has 1 saturated heterocycles. The highest BCUT2D eigenvalue weighted by Crippen LogP contribution is 2.37. The molecule has 0 radical (unpaired) electrons. The third-order valence-electron chi connectivity index (χ3n) is 5.37. The first kappa shape index (κ1) is 20.1. The minimum Gasteiger partial charge on any atom is -0.497 e. The quantitative estimate of drug-likeness (QED) is 0.720. The number of hydrogen-bond acceptors (Lipinski definition) is 7. The largest absolute Gasteiger partial charge is 0.497 e. The van der Waals surface area contributed by atoms with E-state index < -0.39 is 0 Å². The van der Waals surface area contributed by atoms with Crippen molar-refractivity contribution in [1.82, 2.24) is 9.88 Å². The smallest absolute Gasteiger partial charge is 0.268 e. The molecule has 1 aromatic heterocycles. The zero-order valence-corrected chi connectivity index (χ0v) is 17.9. The highest BCUT2D eigenvalue weighted by molar-refractivity contribution is 7.17. The molecule has 2 aliphatic heterocycles. The number of ether oxygens (including phenoxy) is 3. The number of carbonyl (C=O) groups excluding carboxylic acids is 1. The normalized spacial score (nSPS) is 21.8. The number of anilines is 1. The van der Waals surface area contributed by atoms with E-state index in [9.17, 15) is 4.79 Å². The number of thiazole rings is 1. The Kier molecular flexibility index (Phi) is 6.03. The number of benzene rings is 1. The van der Waals surface area contributed by atoms with E-state index >= 15 is 0 Å². The maximum Gasteiger partial charge on any atom is 0.268 e. The zero-order valence-electron chi connectivity index (χ0n) is 17.1. The van der Waals surface area contributed by atoms with Gasteiger partial charge in [-0.2, -0.15) is 0 Å². The average Bonchev–Trinajstić information content (AvgIpc) is 3.22. The molecule has 0 bridgehead atoms. The predicted molar refractivity (Wildman–Crippen MR) is 112 cm³/mol. The fourth-order valence-electron chi connectivity index (χ4n) is 3.71. The topological polar surface area (TPSA) is 64.1 Å². The van der Waals surface area contributed by atoms with E-state index in [4.69, 9.17) is 19.2 Å². The van der Waals surface area contributed by atoms with Crippen molar-refractivity contribution in [2.75, 3.05) is 44.9 Å². The van der Waals surface area contributed by atoms with Crippen LogP contribution in [0.5, 0.6) is 5.75 Å². The van der Waals surface area contributed by atoms with Crippen molar-refractivity contribution in [3.05, 3.63) is 40.4 Å². The Labute approximate surface area is 175 Å². The van der Waals surface area contributed by atoms with Crippen molar-refractivity contribution in [1.29, 1.82) is 0 Å². The number of nitrogens with zero attached hydrogens (tertiary/aromatic N) is 3. The van der Waals surface area contributed by atoms with Crippen molar-refractivity contribution >= 4 is 22.4 Å². The summed E-state index contributed by atoms with van der Waals surface area (Å²) in [5.41, 5.74) is 2.07. The average molecular weight is 418 g/mol. The second kappa shape index (κ2) is 8.69. The van der Waals surface area contributed by atoms with E-state index in [2.05, 4.69) is 30.9 Å². The molecule has 2 aromatic rings. The van der Waals surface area contributed by atoms with Crippen molar-refractivity contribution in [2.24, 2.45) is 0 Å². The Balaban J connectivity index is 1.55. The van der Waals surface area contributed by atoms with Gasteiger partial charge in [0.05, 0.1) is 32.6 Å². The molecule has 8 heteroatoms. The summed E-state index contributed by atoms with van der Waals surface area (Å²) >= 11 is 1.48. The molecule has 2 unspecified atom stereocenters. The standard InChI is InChI=1S/C21H27N3O4S/c1-4-23(12-15-5-7-16(26-3)8-6-15)21-22-18-14(2)11-24(20(25)19(18)29-21)17-13-27-9-10-28-17/h5-8,14,17H,4,9-13H2,1-3H3. The van der Waals surface area contributed by atoms with Crippen LogP contribution in [0.25, 0.3) is 0 Å². The molecule has 0 aliphatic carbocycles. The van der Waals surface area contributed by atoms with Crippen molar-refractivity contribution in [3.63, 3.8) is 0 Å². The second-order valence-electron chi connectivity index (χ2n) is 7.33. The van der Waals surface area contributed by atoms with Gasteiger partial charge < -0.3 is 24.0 Å². The van der Waals surface area contributed by atoms with Crippen molar-refractivity contribution in [2.45, 2.75) is 32.5 Å². The van der Waals surface area contributed by atoms with Crippen LogP contribution >= 0.6 is 11.3 Å². The first-order chi connectivity index (χ1) is 14.1. The van der Waals surface area contributed by atoms with E-state index in [1.807, 2.05) is 12.1 Å². The summed E-state index contributed by atoms with van der Waals surface area (Å²) in [5, 5.41) is 0.885. The highest BCUT2D eigenvalue weighted by Gasteiger charge is 2.38. The summed E-state index contributed by atoms with van der Waals surface area (Å²) in [4.78, 5) is 22.7. The van der Waals surface area contributed by atoms with Gasteiger partial charge in [-0.1, -0.05) is 30.4 Å². The van der Waals surface area contributed by atoms with E-state index in [0.717, 1.165) is 34.5 Å². The van der Waals surface area contributed by atoms with Gasteiger partial charge in [0, 0.05) is 25.6 Å². The molecule has 3 heterocycles. The lowest BCUT2D eigenvalue weighted by molar-refractivity contribution is -0.143. The summed E-state index contributed by atoms with van der Waals surface area (Å²) in [7, 11) is 1.67. The van der Waals surface area contributed by atoms with Crippen LogP contribution in [0.2, 0.25) is 0 Å². The van der Waals surface area contributed by atoms with Crippen LogP contribution in [0, 0.1) is 0 Å². The first-order valence-corrected chi connectivity index (χ1v) is 10.8. The molecular weight excluding hydrogens is 390 g/mol. The predicted octanol–water partition coefficient (Wildman–Crippen LogP) is 3.11. The zero-order chi connectivity index (χ0) is 20.4. The molecule has 1 fully saturated rings. The van der Waals surface area contributed by atoms with Gasteiger partial charge in [0.15, 0.2) is 11.4 Å². The van der Waals surface area contributed by atoms with Gasteiger partial charge in [-0.05, 0) is 24.6 Å². The Morgan fingerprint density at radius 1 is 1.31 bits per heavy atom. The van der Waals surface area contributed by atoms with Crippen LogP contribution in [0.4, 0.5) is 5.13 Å². The van der Waals surface area contributed by atoms with Gasteiger partial charge in [0.25, 0.3) is 5.91 Å². The lowest BCUT2D eigenvalue weighted by Crippen LogP contribution is -2.50. The van der Waals surface area contributed by atoms with Gasteiger partial charge in [0.2, 0.25) is 0 Å². The van der Waals surface area contributed by atoms with Crippen LogP contribution in [-0.2, 0) is 16.0 Å². The molecule has 7 nitrogen and oxygen atoms in total. The number of methoxy groups -OCH3 is 1. The number of fused-ring (bicyclic) bond motifs is 1. The van der Waals surface area contributed by atoms with Crippen molar-refractivity contribution < 1.29 is 19.0 Å². The maximum absolute atomic E-state index is 13.1. The molecule has 0 N–H and O–H groups in total. The third kappa shape index (κ3) is 4.10. The van der Waals surface area contributed by atoms with Crippen LogP contribution < -0.4 is 9.64 Å². The molecule has 4 rings (SSSR count). The number of aromatic nitrogens is 1. The molecular formula is C21H27N3O4S. The van der Waals surface area contributed by atoms with E-state index in [0.29, 0.717) is 26.4 Å². The molecule has 156 valence electrons. The number of carbonyl (C=O) groups is 1. The van der Waals surface area contributed by atoms with Gasteiger partial charge in [-0.15, -0.1) is 0 Å². The summed E-state index contributed by atoms with van der Waals surface area (Å²) in [6, 6.07) is 8.05. The lowest BCUT2D eigenvalue weighted by atomic mass is 10.0. The Morgan fingerprint density at radius 3 is 2.76 bits per heavy atom. The second-order valence-corrected chi connectivity index (χ2v) is 8.31. The Morgan fingerprint density at radius 2 is 2.10 bits per heavy atom. The summed E-state index contributed by atoms with van der Waals surface area (Å²) < 4.78 is 16.5. The molecule has 1 amide bonds. The van der Waals surface area contributed by atoms with Gasteiger partial charge in [-0.3, -0.25) is 4.79 Å². The van der Waals surface area contributed by atoms with Gasteiger partial charge in [-0.25, -0.2) is 4.98 Å². The minimum absolute atomic E-state index is 0.00199. The van der Waals surface area contributed by atoms with Gasteiger partial charge >= 0.3 is 0 Å². The highest BCUT2D eigenvalue weighted by atomic mass is 32.1. The monoisotopic (exact) mass is 417 g/mol. The Hall–Kier alpha value is -2.16. The minimum atomic E-state index is -0.307. The summed E-state index contributed by atoms with van der Waals surface area (Å²) in [6.45, 7) is 7.91. The van der Waals surface area contributed by atoms with E-state index in [1.54, 1.807) is 12.0 Å². The van der Waals surface area contributed by atoms with Crippen molar-refractivity contribution in [3.8, 4) is 5.75 Å². The van der Waals surface area contributed by atoms with Crippen LogP contribution in [-0.4, -0.2) is 62.0 Å². The molecule has 1 aromatic carbocycles. The van der Waals surface area contributed by atoms with E-state index in [-0.39, 0.29) is 18.1 Å². The molecule has 29 heavy (non-hydrogen) atoms. The molecule has 2 atom stereocenters. The van der Waals surface area contributed by atoms with Crippen LogP contribution in [0.15, 0.2) is 24.3 Å². The molecule has 0 spiro atoms. The van der Waals surface area contributed by atoms with Crippen LogP contribution in [0.3, 0.4) is 0 Å². The number of amides is 1. The maximum atomic E-state index is 13.1. The molecule has 0 saturated carbocycles. The first-order valence-electron chi connectivity index (χ1n) is 9.99. The van der Waals surface area contributed by atoms with Gasteiger partial charge in [0.1, 0.15) is 10.6 Å². The SMILES string of the molecule is CCN(Cc1ccc(OC)cc1)c1nc2c(s1)C(=O)N(C1COCCO1)CC2C. The van der Waals surface area contributed by atoms with E-state index in [1.165, 1.54) is 16.9 Å². The summed E-state index contributed by atoms with van der Waals surface area (Å²) in [6.07, 6.45) is -0.307. The van der Waals surface area contributed by atoms with Crippen LogP contribution in [0.1, 0.15) is 40.7 Å². The fourth-order valence-corrected chi connectivity index (χ4v) is 4.91. The lowest BCUT2D eigenvalue weighted by Gasteiger charge is -2.37. The Bertz CT molecular complexity index is 848.